The largest absolute Gasteiger partial charge is 0.396 e. The Bertz CT molecular complexity index is 784. The predicted octanol–water partition coefficient (Wildman–Crippen LogP) is 2.04. The minimum Gasteiger partial charge on any atom is -0.396 e. The molecule has 0 radical (unpaired) electrons. The summed E-state index contributed by atoms with van der Waals surface area (Å²) in [4.78, 5) is 4.01. The molecule has 21 heavy (non-hydrogen) atoms. The average Bonchev–Trinajstić information content (AvgIpc) is 2.85. The molecule has 3 aromatic rings. The van der Waals surface area contributed by atoms with E-state index in [1.54, 1.807) is 10.6 Å². The van der Waals surface area contributed by atoms with Crippen LogP contribution in [0.15, 0.2) is 36.7 Å². The summed E-state index contributed by atoms with van der Waals surface area (Å²) in [5.41, 5.74) is 9.05. The fraction of sp³-hybridized carbons (Fsp3) is 0.200. The summed E-state index contributed by atoms with van der Waals surface area (Å²) >= 11 is 0. The van der Waals surface area contributed by atoms with E-state index in [2.05, 4.69) is 10.1 Å². The topological polar surface area (TPSA) is 76.4 Å². The van der Waals surface area contributed by atoms with E-state index in [9.17, 15) is 4.39 Å². The van der Waals surface area contributed by atoms with Crippen LogP contribution in [0.5, 0.6) is 0 Å². The van der Waals surface area contributed by atoms with Crippen molar-refractivity contribution in [3.63, 3.8) is 0 Å². The van der Waals surface area contributed by atoms with E-state index in [4.69, 9.17) is 10.8 Å². The Morgan fingerprint density at radius 2 is 2.14 bits per heavy atom. The molecule has 2 heterocycles. The zero-order valence-corrected chi connectivity index (χ0v) is 11.3. The normalized spacial score (nSPS) is 11.1. The zero-order chi connectivity index (χ0) is 14.8. The summed E-state index contributed by atoms with van der Waals surface area (Å²) < 4.78 is 15.2. The summed E-state index contributed by atoms with van der Waals surface area (Å²) in [6, 6.07) is 8.25. The van der Waals surface area contributed by atoms with Crippen LogP contribution in [0, 0.1) is 5.82 Å². The SMILES string of the molecule is Nc1ncnn2c(CCCO)cc(-c3cccc(F)c3)c12. The first-order valence-corrected chi connectivity index (χ1v) is 6.68. The van der Waals surface area contributed by atoms with Crippen LogP contribution < -0.4 is 5.73 Å². The Morgan fingerprint density at radius 1 is 1.29 bits per heavy atom. The summed E-state index contributed by atoms with van der Waals surface area (Å²) in [5.74, 6) is 0.0405. The number of nitrogen functional groups attached to an aromatic ring is 1. The number of aryl methyl sites for hydroxylation is 1. The summed E-state index contributed by atoms with van der Waals surface area (Å²) in [6.45, 7) is 0.100. The van der Waals surface area contributed by atoms with Crippen molar-refractivity contribution in [1.29, 1.82) is 0 Å². The van der Waals surface area contributed by atoms with Crippen molar-refractivity contribution in [2.24, 2.45) is 0 Å². The maximum Gasteiger partial charge on any atom is 0.151 e. The van der Waals surface area contributed by atoms with Gasteiger partial charge >= 0.3 is 0 Å². The Kier molecular flexibility index (Phi) is 3.53. The molecule has 0 aliphatic rings. The molecule has 0 amide bonds. The highest BCUT2D eigenvalue weighted by molar-refractivity contribution is 5.88. The second-order valence-electron chi connectivity index (χ2n) is 4.79. The van der Waals surface area contributed by atoms with Crippen LogP contribution in [0.1, 0.15) is 12.1 Å². The van der Waals surface area contributed by atoms with Crippen molar-refractivity contribution < 1.29 is 9.50 Å². The lowest BCUT2D eigenvalue weighted by Crippen LogP contribution is -2.02. The highest BCUT2D eigenvalue weighted by Crippen LogP contribution is 2.30. The van der Waals surface area contributed by atoms with Gasteiger partial charge in [0, 0.05) is 17.9 Å². The predicted molar refractivity (Wildman–Crippen MR) is 78.2 cm³/mol. The molecule has 0 aliphatic heterocycles. The highest BCUT2D eigenvalue weighted by atomic mass is 19.1. The number of hydrogen-bond acceptors (Lipinski definition) is 4. The smallest absolute Gasteiger partial charge is 0.151 e. The number of aliphatic hydroxyl groups excluding tert-OH is 1. The Balaban J connectivity index is 2.22. The van der Waals surface area contributed by atoms with Crippen LogP contribution in [-0.4, -0.2) is 26.3 Å². The minimum atomic E-state index is -0.306. The molecule has 3 rings (SSSR count). The highest BCUT2D eigenvalue weighted by Gasteiger charge is 2.15. The Labute approximate surface area is 120 Å². The van der Waals surface area contributed by atoms with Crippen molar-refractivity contribution in [1.82, 2.24) is 14.6 Å². The monoisotopic (exact) mass is 286 g/mol. The van der Waals surface area contributed by atoms with E-state index < -0.39 is 0 Å². The number of nitrogens with zero attached hydrogens (tertiary/aromatic N) is 3. The molecule has 0 fully saturated rings. The van der Waals surface area contributed by atoms with Gasteiger partial charge in [0.1, 0.15) is 17.7 Å². The Morgan fingerprint density at radius 3 is 2.90 bits per heavy atom. The first kappa shape index (κ1) is 13.5. The number of benzene rings is 1. The first-order chi connectivity index (χ1) is 10.2. The van der Waals surface area contributed by atoms with Gasteiger partial charge in [-0.2, -0.15) is 5.10 Å². The molecule has 0 bridgehead atoms. The summed E-state index contributed by atoms with van der Waals surface area (Å²) in [6.07, 6.45) is 2.67. The van der Waals surface area contributed by atoms with Crippen LogP contribution >= 0.6 is 0 Å². The van der Waals surface area contributed by atoms with Gasteiger partial charge in [-0.15, -0.1) is 0 Å². The fourth-order valence-corrected chi connectivity index (χ4v) is 2.45. The van der Waals surface area contributed by atoms with Gasteiger partial charge in [-0.1, -0.05) is 12.1 Å². The maximum absolute atomic E-state index is 13.5. The molecule has 0 saturated carbocycles. The van der Waals surface area contributed by atoms with Gasteiger partial charge in [0.25, 0.3) is 0 Å². The second kappa shape index (κ2) is 5.49. The van der Waals surface area contributed by atoms with Crippen LogP contribution in [0.4, 0.5) is 10.2 Å². The molecule has 0 aliphatic carbocycles. The molecule has 1 aromatic carbocycles. The number of aromatic nitrogens is 3. The summed E-state index contributed by atoms with van der Waals surface area (Å²) in [5, 5.41) is 13.2. The van der Waals surface area contributed by atoms with Crippen molar-refractivity contribution in [2.75, 3.05) is 12.3 Å². The van der Waals surface area contributed by atoms with Gasteiger partial charge in [-0.05, 0) is 36.6 Å². The lowest BCUT2D eigenvalue weighted by Gasteiger charge is -2.03. The van der Waals surface area contributed by atoms with Gasteiger partial charge in [-0.25, -0.2) is 13.9 Å². The van der Waals surface area contributed by atoms with Gasteiger partial charge in [-0.3, -0.25) is 0 Å². The molecule has 2 aromatic heterocycles. The van der Waals surface area contributed by atoms with Gasteiger partial charge < -0.3 is 10.8 Å². The van der Waals surface area contributed by atoms with Gasteiger partial charge in [0.2, 0.25) is 0 Å². The molecule has 5 nitrogen and oxygen atoms in total. The molecule has 0 saturated heterocycles. The van der Waals surface area contributed by atoms with E-state index in [0.717, 1.165) is 16.8 Å². The van der Waals surface area contributed by atoms with E-state index in [1.165, 1.54) is 18.5 Å². The number of hydrogen-bond donors (Lipinski definition) is 2. The molecule has 0 unspecified atom stereocenters. The van der Waals surface area contributed by atoms with Crippen LogP contribution in [0.2, 0.25) is 0 Å². The number of fused-ring (bicyclic) bond motifs is 1. The lowest BCUT2D eigenvalue weighted by molar-refractivity contribution is 0.288. The third-order valence-corrected chi connectivity index (χ3v) is 3.38. The summed E-state index contributed by atoms with van der Waals surface area (Å²) in [7, 11) is 0. The van der Waals surface area contributed by atoms with Crippen LogP contribution in [0.25, 0.3) is 16.6 Å². The maximum atomic E-state index is 13.5. The number of halogens is 1. The first-order valence-electron chi connectivity index (χ1n) is 6.68. The standard InChI is InChI=1S/C15H15FN4O/c16-11-4-1-3-10(7-11)13-8-12(5-2-6-21)20-14(13)15(17)18-9-19-20/h1,3-4,7-9,21H,2,5-6H2,(H2,17,18,19). The van der Waals surface area contributed by atoms with Crippen molar-refractivity contribution in [3.8, 4) is 11.1 Å². The molecular formula is C15H15FN4O. The second-order valence-corrected chi connectivity index (χ2v) is 4.79. The fourth-order valence-electron chi connectivity index (χ4n) is 2.45. The zero-order valence-electron chi connectivity index (χ0n) is 11.3. The van der Waals surface area contributed by atoms with Crippen LogP contribution in [0.3, 0.4) is 0 Å². The molecule has 6 heteroatoms. The molecule has 108 valence electrons. The number of aliphatic hydroxyl groups is 1. The molecular weight excluding hydrogens is 271 g/mol. The molecule has 0 spiro atoms. The van der Waals surface area contributed by atoms with Crippen molar-refractivity contribution in [3.05, 3.63) is 48.2 Å². The van der Waals surface area contributed by atoms with E-state index in [-0.39, 0.29) is 12.4 Å². The average molecular weight is 286 g/mol. The lowest BCUT2D eigenvalue weighted by atomic mass is 10.1. The minimum absolute atomic E-state index is 0.100. The van der Waals surface area contributed by atoms with Crippen molar-refractivity contribution >= 4 is 11.3 Å². The van der Waals surface area contributed by atoms with E-state index in [0.29, 0.717) is 24.2 Å². The third-order valence-electron chi connectivity index (χ3n) is 3.38. The van der Waals surface area contributed by atoms with E-state index >= 15 is 0 Å². The van der Waals surface area contributed by atoms with Gasteiger partial charge in [0.05, 0.1) is 0 Å². The molecule has 3 N–H and O–H groups in total. The third kappa shape index (κ3) is 2.45. The Hall–Kier alpha value is -2.47. The van der Waals surface area contributed by atoms with E-state index in [1.807, 2.05) is 12.1 Å². The van der Waals surface area contributed by atoms with Gasteiger partial charge in [0.15, 0.2) is 5.82 Å². The number of anilines is 1. The van der Waals surface area contributed by atoms with Crippen LogP contribution in [-0.2, 0) is 6.42 Å². The quantitative estimate of drug-likeness (QED) is 0.769. The number of nitrogens with two attached hydrogens (primary N) is 1. The number of rotatable bonds is 4. The van der Waals surface area contributed by atoms with Crippen molar-refractivity contribution in [2.45, 2.75) is 12.8 Å². The molecule has 0 atom stereocenters.